The van der Waals surface area contributed by atoms with Crippen LogP contribution in [0.25, 0.3) is 10.9 Å². The van der Waals surface area contributed by atoms with Crippen molar-refractivity contribution in [1.82, 2.24) is 20.5 Å². The lowest BCUT2D eigenvalue weighted by molar-refractivity contribution is -0.131. The Balaban J connectivity index is 1.27. The first-order chi connectivity index (χ1) is 13.6. The van der Waals surface area contributed by atoms with E-state index in [9.17, 15) is 14.4 Å². The van der Waals surface area contributed by atoms with Crippen LogP contribution < -0.4 is 10.6 Å². The van der Waals surface area contributed by atoms with Gasteiger partial charge in [-0.2, -0.15) is 0 Å². The highest BCUT2D eigenvalue weighted by Gasteiger charge is 2.52. The van der Waals surface area contributed by atoms with Gasteiger partial charge in [-0.3, -0.25) is 19.5 Å². The first-order valence-electron chi connectivity index (χ1n) is 9.82. The fourth-order valence-corrected chi connectivity index (χ4v) is 4.20. The average Bonchev–Trinajstić information content (AvgIpc) is 3.26. The Morgan fingerprint density at radius 2 is 1.96 bits per heavy atom. The maximum absolute atomic E-state index is 12.6. The van der Waals surface area contributed by atoms with Gasteiger partial charge >= 0.3 is 6.03 Å². The van der Waals surface area contributed by atoms with Crippen LogP contribution in [0, 0.1) is 0 Å². The lowest BCUT2D eigenvalue weighted by Crippen LogP contribution is -2.44. The highest BCUT2D eigenvalue weighted by molar-refractivity contribution is 6.07. The Bertz CT molecular complexity index is 916. The van der Waals surface area contributed by atoms with E-state index >= 15 is 0 Å². The number of nitrogens with zero attached hydrogens (tertiary/aromatic N) is 2. The monoisotopic (exact) mass is 380 g/mol. The van der Waals surface area contributed by atoms with Gasteiger partial charge in [0.1, 0.15) is 5.54 Å². The van der Waals surface area contributed by atoms with Crippen molar-refractivity contribution in [2.24, 2.45) is 0 Å². The van der Waals surface area contributed by atoms with Gasteiger partial charge in [0.2, 0.25) is 5.91 Å². The van der Waals surface area contributed by atoms with E-state index in [1.807, 2.05) is 30.3 Å². The van der Waals surface area contributed by atoms with Crippen LogP contribution in [-0.2, 0) is 16.0 Å². The summed E-state index contributed by atoms with van der Waals surface area (Å²) in [6.45, 7) is 0.604. The third-order valence-corrected chi connectivity index (χ3v) is 5.70. The number of urea groups is 1. The second kappa shape index (κ2) is 7.58. The number of nitrogens with one attached hydrogen (secondary N) is 2. The summed E-state index contributed by atoms with van der Waals surface area (Å²) in [6, 6.07) is 9.55. The van der Waals surface area contributed by atoms with Gasteiger partial charge in [-0.05, 0) is 30.9 Å². The fraction of sp³-hybridized carbons (Fsp3) is 0.429. The van der Waals surface area contributed by atoms with Crippen LogP contribution >= 0.6 is 0 Å². The molecule has 2 aliphatic rings. The van der Waals surface area contributed by atoms with E-state index in [0.29, 0.717) is 25.8 Å². The maximum Gasteiger partial charge on any atom is 0.325 e. The summed E-state index contributed by atoms with van der Waals surface area (Å²) >= 11 is 0. The minimum absolute atomic E-state index is 0.114. The molecule has 1 aliphatic heterocycles. The average molecular weight is 380 g/mol. The van der Waals surface area contributed by atoms with Gasteiger partial charge in [0.05, 0.1) is 5.52 Å². The topological polar surface area (TPSA) is 91.4 Å². The third-order valence-electron chi connectivity index (χ3n) is 5.70. The molecular formula is C21H24N4O3. The quantitative estimate of drug-likeness (QED) is 0.751. The number of benzene rings is 1. The molecule has 1 aromatic heterocycles. The number of hydrogen-bond donors (Lipinski definition) is 2. The van der Waals surface area contributed by atoms with Gasteiger partial charge in [0.25, 0.3) is 5.91 Å². The summed E-state index contributed by atoms with van der Waals surface area (Å²) in [4.78, 5) is 42.5. The zero-order valence-corrected chi connectivity index (χ0v) is 15.7. The first-order valence-corrected chi connectivity index (χ1v) is 9.82. The van der Waals surface area contributed by atoms with E-state index in [2.05, 4.69) is 15.6 Å². The van der Waals surface area contributed by atoms with E-state index in [1.165, 1.54) is 4.90 Å². The molecule has 7 nitrogen and oxygen atoms in total. The number of amides is 4. The van der Waals surface area contributed by atoms with Crippen molar-refractivity contribution in [2.75, 3.05) is 13.1 Å². The molecule has 1 saturated heterocycles. The van der Waals surface area contributed by atoms with E-state index in [4.69, 9.17) is 0 Å². The van der Waals surface area contributed by atoms with Crippen LogP contribution in [0.15, 0.2) is 36.5 Å². The zero-order valence-electron chi connectivity index (χ0n) is 15.7. The molecule has 4 amide bonds. The summed E-state index contributed by atoms with van der Waals surface area (Å²) in [5.41, 5.74) is 1.31. The van der Waals surface area contributed by atoms with Crippen molar-refractivity contribution in [2.45, 2.75) is 44.1 Å². The molecule has 2 heterocycles. The summed E-state index contributed by atoms with van der Waals surface area (Å²) in [7, 11) is 0. The van der Waals surface area contributed by atoms with E-state index < -0.39 is 5.54 Å². The van der Waals surface area contributed by atoms with Crippen molar-refractivity contribution < 1.29 is 14.4 Å². The van der Waals surface area contributed by atoms with Crippen LogP contribution in [-0.4, -0.2) is 46.4 Å². The smallest absolute Gasteiger partial charge is 0.325 e. The SMILES string of the molecule is O=C(CCN1C(=O)NC2(CCCC2)C1=O)NCCc1cccc2cccnc12. The summed E-state index contributed by atoms with van der Waals surface area (Å²) < 4.78 is 0. The fourth-order valence-electron chi connectivity index (χ4n) is 4.20. The van der Waals surface area contributed by atoms with Crippen LogP contribution in [0.1, 0.15) is 37.7 Å². The van der Waals surface area contributed by atoms with Crippen LogP contribution in [0.4, 0.5) is 4.79 Å². The second-order valence-corrected chi connectivity index (χ2v) is 7.52. The molecule has 2 N–H and O–H groups in total. The number of rotatable bonds is 6. The molecule has 1 aliphatic carbocycles. The molecule has 4 rings (SSSR count). The molecule has 1 aromatic carbocycles. The van der Waals surface area contributed by atoms with Crippen LogP contribution in [0.3, 0.4) is 0 Å². The first kappa shape index (κ1) is 18.4. The molecule has 0 atom stereocenters. The number of fused-ring (bicyclic) bond motifs is 1. The lowest BCUT2D eigenvalue weighted by atomic mass is 9.98. The van der Waals surface area contributed by atoms with Crippen molar-refractivity contribution in [3.63, 3.8) is 0 Å². The normalized spacial score (nSPS) is 18.1. The molecule has 1 saturated carbocycles. The summed E-state index contributed by atoms with van der Waals surface area (Å²) in [5, 5.41) is 6.78. The minimum atomic E-state index is -0.713. The highest BCUT2D eigenvalue weighted by atomic mass is 16.2. The Morgan fingerprint density at radius 1 is 1.18 bits per heavy atom. The Hall–Kier alpha value is -2.96. The van der Waals surface area contributed by atoms with Crippen LogP contribution in [0.2, 0.25) is 0 Å². The largest absolute Gasteiger partial charge is 0.356 e. The van der Waals surface area contributed by atoms with E-state index in [0.717, 1.165) is 29.3 Å². The van der Waals surface area contributed by atoms with Gasteiger partial charge in [-0.15, -0.1) is 0 Å². The lowest BCUT2D eigenvalue weighted by Gasteiger charge is -2.19. The predicted octanol–water partition coefficient (Wildman–Crippen LogP) is 2.15. The van der Waals surface area contributed by atoms with Gasteiger partial charge < -0.3 is 10.6 Å². The number of hydrogen-bond acceptors (Lipinski definition) is 4. The van der Waals surface area contributed by atoms with Crippen molar-refractivity contribution in [1.29, 1.82) is 0 Å². The second-order valence-electron chi connectivity index (χ2n) is 7.52. The molecule has 7 heteroatoms. The van der Waals surface area contributed by atoms with Crippen molar-refractivity contribution >= 4 is 28.7 Å². The molecule has 0 radical (unpaired) electrons. The molecule has 28 heavy (non-hydrogen) atoms. The van der Waals surface area contributed by atoms with Gasteiger partial charge in [0, 0.05) is 31.1 Å². The number of carbonyl (C=O) groups is 3. The van der Waals surface area contributed by atoms with Crippen LogP contribution in [0.5, 0.6) is 0 Å². The highest BCUT2D eigenvalue weighted by Crippen LogP contribution is 2.35. The molecule has 2 aromatic rings. The number of imide groups is 1. The number of carbonyl (C=O) groups excluding carboxylic acids is 3. The predicted molar refractivity (Wildman–Crippen MR) is 105 cm³/mol. The number of para-hydroxylation sites is 1. The standard InChI is InChI=1S/C21H24N4O3/c26-17(9-14-25-19(27)21(24-20(25)28)10-1-2-11-21)22-13-8-16-6-3-5-15-7-4-12-23-18(15)16/h3-7,12H,1-2,8-11,13-14H2,(H,22,26)(H,24,28). The Morgan fingerprint density at radius 3 is 2.79 bits per heavy atom. The van der Waals surface area contributed by atoms with Gasteiger partial charge in [-0.25, -0.2) is 4.79 Å². The van der Waals surface area contributed by atoms with E-state index in [-0.39, 0.29) is 30.8 Å². The van der Waals surface area contributed by atoms with Crippen molar-refractivity contribution in [3.05, 3.63) is 42.1 Å². The Kier molecular flexibility index (Phi) is 4.98. The van der Waals surface area contributed by atoms with Gasteiger partial charge in [0.15, 0.2) is 0 Å². The minimum Gasteiger partial charge on any atom is -0.356 e. The number of aromatic nitrogens is 1. The molecule has 146 valence electrons. The third kappa shape index (κ3) is 3.44. The zero-order chi connectivity index (χ0) is 19.6. The maximum atomic E-state index is 12.6. The molecule has 0 unspecified atom stereocenters. The van der Waals surface area contributed by atoms with Crippen molar-refractivity contribution in [3.8, 4) is 0 Å². The summed E-state index contributed by atoms with van der Waals surface area (Å²) in [5.74, 6) is -0.342. The molecular weight excluding hydrogens is 356 g/mol. The van der Waals surface area contributed by atoms with E-state index in [1.54, 1.807) is 6.20 Å². The summed E-state index contributed by atoms with van der Waals surface area (Å²) in [6.07, 6.45) is 5.83. The molecule has 0 bridgehead atoms. The molecule has 2 fully saturated rings. The molecule has 1 spiro atoms. The Labute approximate surface area is 163 Å². The number of pyridine rings is 1. The van der Waals surface area contributed by atoms with Gasteiger partial charge in [-0.1, -0.05) is 37.1 Å².